The number of carboxylic acids is 1. The summed E-state index contributed by atoms with van der Waals surface area (Å²) >= 11 is 0. The van der Waals surface area contributed by atoms with Crippen molar-refractivity contribution in [2.75, 3.05) is 13.2 Å². The Bertz CT molecular complexity index is 1400. The molecule has 1 aliphatic heterocycles. The highest BCUT2D eigenvalue weighted by atomic mass is 16.7. The van der Waals surface area contributed by atoms with Gasteiger partial charge < -0.3 is 39.0 Å². The quantitative estimate of drug-likeness (QED) is 0.0229. The summed E-state index contributed by atoms with van der Waals surface area (Å²) in [6, 6.07) is 0. The molecule has 1 fully saturated rings. The molecule has 0 aromatic carbocycles. The second kappa shape index (κ2) is 43.7. The molecule has 67 heavy (non-hydrogen) atoms. The Morgan fingerprint density at radius 2 is 0.925 bits per heavy atom. The number of hydrogen-bond acceptors (Lipinski definition) is 11. The van der Waals surface area contributed by atoms with Crippen LogP contribution in [0.4, 0.5) is 0 Å². The summed E-state index contributed by atoms with van der Waals surface area (Å²) < 4.78 is 28.2. The minimum atomic E-state index is -1.91. The normalized spacial score (nSPS) is 19.3. The third-order valence-electron chi connectivity index (χ3n) is 11.5. The molecule has 3 N–H and O–H groups in total. The van der Waals surface area contributed by atoms with Crippen molar-refractivity contribution in [2.24, 2.45) is 0 Å². The summed E-state index contributed by atoms with van der Waals surface area (Å²) in [7, 11) is 0. The fraction of sp³-hybridized carbons (Fsp3) is 0.745. The van der Waals surface area contributed by atoms with Gasteiger partial charge in [0, 0.05) is 19.3 Å². The first kappa shape index (κ1) is 61.4. The zero-order valence-electron chi connectivity index (χ0n) is 41.9. The third kappa shape index (κ3) is 34.4. The molecule has 0 aromatic heterocycles. The van der Waals surface area contributed by atoms with Gasteiger partial charge in [0.2, 0.25) is 0 Å². The van der Waals surface area contributed by atoms with Gasteiger partial charge in [-0.25, -0.2) is 4.79 Å². The minimum absolute atomic E-state index is 0.0458. The monoisotopic (exact) mass is 945 g/mol. The van der Waals surface area contributed by atoms with Gasteiger partial charge in [-0.3, -0.25) is 14.4 Å². The van der Waals surface area contributed by atoms with E-state index in [0.717, 1.165) is 141 Å². The van der Waals surface area contributed by atoms with Crippen LogP contribution in [0.1, 0.15) is 213 Å². The van der Waals surface area contributed by atoms with Crippen LogP contribution < -0.4 is 0 Å². The average molecular weight is 945 g/mol. The number of aliphatic hydroxyl groups is 2. The Labute approximate surface area is 405 Å². The standard InChI is InChI=1S/C55H92O12/c1-4-7-10-13-16-19-22-24-27-29-32-35-38-41-47(56)63-44-46(65-48(57)42-39-36-33-31-28-25-23-20-17-14-11-8-5-2)45-64-55-53(51(60)50(59)52(67-55)54(61)62)66-49(58)43-40-37-34-30-26-21-18-15-12-9-6-3/h10-11,13-15,18-20,22-23,46,50-53,55,59-60H,4-9,12,16-17,21,24-45H2,1-3H3,(H,61,62)/b13-10-,14-11-,18-15-,22-19-,23-20-. The van der Waals surface area contributed by atoms with Crippen molar-refractivity contribution in [3.8, 4) is 0 Å². The van der Waals surface area contributed by atoms with Crippen LogP contribution in [-0.4, -0.2) is 89.2 Å². The number of aliphatic carboxylic acids is 1. The van der Waals surface area contributed by atoms with Crippen LogP contribution >= 0.6 is 0 Å². The molecule has 0 saturated carbocycles. The lowest BCUT2D eigenvalue weighted by Gasteiger charge is -2.40. The first-order valence-corrected chi connectivity index (χ1v) is 26.3. The molecule has 1 rings (SSSR count). The van der Waals surface area contributed by atoms with Gasteiger partial charge in [-0.15, -0.1) is 0 Å². The number of carbonyl (C=O) groups is 4. The molecule has 1 saturated heterocycles. The average Bonchev–Trinajstić information content (AvgIpc) is 3.31. The predicted octanol–water partition coefficient (Wildman–Crippen LogP) is 12.4. The zero-order valence-corrected chi connectivity index (χ0v) is 41.9. The summed E-state index contributed by atoms with van der Waals surface area (Å²) in [5.74, 6) is -3.17. The van der Waals surface area contributed by atoms with Gasteiger partial charge in [0.05, 0.1) is 6.61 Å². The van der Waals surface area contributed by atoms with Crippen molar-refractivity contribution in [3.05, 3.63) is 60.8 Å². The second-order valence-corrected chi connectivity index (χ2v) is 17.8. The van der Waals surface area contributed by atoms with Crippen molar-refractivity contribution in [1.29, 1.82) is 0 Å². The molecule has 0 radical (unpaired) electrons. The number of carboxylic acid groups (broad SMARTS) is 1. The van der Waals surface area contributed by atoms with Crippen molar-refractivity contribution in [1.82, 2.24) is 0 Å². The summed E-state index contributed by atoms with van der Waals surface area (Å²) in [5.41, 5.74) is 0. The molecular formula is C55H92O12. The van der Waals surface area contributed by atoms with Crippen LogP contribution in [0.2, 0.25) is 0 Å². The minimum Gasteiger partial charge on any atom is -0.479 e. The van der Waals surface area contributed by atoms with E-state index in [9.17, 15) is 34.5 Å². The Morgan fingerprint density at radius 1 is 0.493 bits per heavy atom. The molecule has 6 unspecified atom stereocenters. The summed E-state index contributed by atoms with van der Waals surface area (Å²) in [6.45, 7) is 5.76. The highest BCUT2D eigenvalue weighted by Gasteiger charge is 2.50. The van der Waals surface area contributed by atoms with Crippen LogP contribution in [0, 0.1) is 0 Å². The third-order valence-corrected chi connectivity index (χ3v) is 11.5. The van der Waals surface area contributed by atoms with E-state index in [1.54, 1.807) is 0 Å². The molecule has 1 heterocycles. The molecule has 1 aliphatic rings. The maximum absolute atomic E-state index is 13.1. The van der Waals surface area contributed by atoms with Crippen molar-refractivity contribution >= 4 is 23.9 Å². The molecule has 0 aliphatic carbocycles. The first-order valence-electron chi connectivity index (χ1n) is 26.3. The maximum atomic E-state index is 13.1. The predicted molar refractivity (Wildman–Crippen MR) is 266 cm³/mol. The van der Waals surface area contributed by atoms with Gasteiger partial charge in [-0.05, 0) is 89.9 Å². The van der Waals surface area contributed by atoms with E-state index in [0.29, 0.717) is 19.3 Å². The number of allylic oxidation sites excluding steroid dienone is 10. The molecule has 12 nitrogen and oxygen atoms in total. The second-order valence-electron chi connectivity index (χ2n) is 17.8. The van der Waals surface area contributed by atoms with Gasteiger partial charge in [0.15, 0.2) is 24.6 Å². The van der Waals surface area contributed by atoms with E-state index < -0.39 is 67.3 Å². The van der Waals surface area contributed by atoms with Crippen LogP contribution in [0.25, 0.3) is 0 Å². The molecule has 6 atom stereocenters. The van der Waals surface area contributed by atoms with E-state index in [1.807, 2.05) is 0 Å². The summed E-state index contributed by atoms with van der Waals surface area (Å²) in [5, 5.41) is 31.3. The highest BCUT2D eigenvalue weighted by Crippen LogP contribution is 2.26. The first-order chi connectivity index (χ1) is 32.6. The molecule has 0 aromatic rings. The highest BCUT2D eigenvalue weighted by molar-refractivity contribution is 5.74. The smallest absolute Gasteiger partial charge is 0.335 e. The number of rotatable bonds is 43. The zero-order chi connectivity index (χ0) is 49.0. The van der Waals surface area contributed by atoms with Gasteiger partial charge in [0.25, 0.3) is 0 Å². The largest absolute Gasteiger partial charge is 0.479 e. The molecule has 384 valence electrons. The SMILES string of the molecule is CCC/C=C\C/C=C\CCCCCCCC(=O)OCC(COC1OC(C(=O)O)C(O)C(O)C1OC(=O)CCCCCCC/C=C\CCCC)OC(=O)CCCCCCC/C=C\C/C=C\CCC. The van der Waals surface area contributed by atoms with E-state index in [-0.39, 0.29) is 25.9 Å². The topological polar surface area (TPSA) is 175 Å². The van der Waals surface area contributed by atoms with Crippen molar-refractivity contribution in [2.45, 2.75) is 250 Å². The Kier molecular flexibility index (Phi) is 40.1. The number of carbonyl (C=O) groups excluding carboxylic acids is 3. The Balaban J connectivity index is 2.76. The number of aliphatic hydroxyl groups excluding tert-OH is 2. The van der Waals surface area contributed by atoms with Crippen molar-refractivity contribution in [3.63, 3.8) is 0 Å². The molecular weight excluding hydrogens is 853 g/mol. The van der Waals surface area contributed by atoms with Gasteiger partial charge in [-0.1, -0.05) is 165 Å². The van der Waals surface area contributed by atoms with E-state index in [2.05, 4.69) is 81.5 Å². The Morgan fingerprint density at radius 3 is 1.42 bits per heavy atom. The Hall–Kier alpha value is -3.58. The van der Waals surface area contributed by atoms with Crippen LogP contribution in [0.15, 0.2) is 60.8 Å². The van der Waals surface area contributed by atoms with E-state index in [1.165, 1.54) is 12.8 Å². The van der Waals surface area contributed by atoms with Gasteiger partial charge >= 0.3 is 23.9 Å². The van der Waals surface area contributed by atoms with E-state index in [4.69, 9.17) is 23.7 Å². The molecule has 0 bridgehead atoms. The molecule has 12 heteroatoms. The molecule has 0 amide bonds. The fourth-order valence-corrected chi connectivity index (χ4v) is 7.42. The van der Waals surface area contributed by atoms with E-state index >= 15 is 0 Å². The lowest BCUT2D eigenvalue weighted by atomic mass is 9.98. The summed E-state index contributed by atoms with van der Waals surface area (Å²) in [4.78, 5) is 50.8. The number of ether oxygens (including phenoxy) is 5. The number of esters is 3. The number of hydrogen-bond donors (Lipinski definition) is 3. The summed E-state index contributed by atoms with van der Waals surface area (Å²) in [6.07, 6.45) is 39.3. The molecule has 0 spiro atoms. The van der Waals surface area contributed by atoms with Crippen LogP contribution in [0.3, 0.4) is 0 Å². The van der Waals surface area contributed by atoms with Crippen LogP contribution in [0.5, 0.6) is 0 Å². The maximum Gasteiger partial charge on any atom is 0.335 e. The number of unbranched alkanes of at least 4 members (excludes halogenated alkanes) is 19. The van der Waals surface area contributed by atoms with Crippen LogP contribution in [-0.2, 0) is 42.9 Å². The van der Waals surface area contributed by atoms with Crippen molar-refractivity contribution < 1.29 is 58.2 Å². The lowest BCUT2D eigenvalue weighted by Crippen LogP contribution is -2.61. The van der Waals surface area contributed by atoms with Gasteiger partial charge in [0.1, 0.15) is 18.8 Å². The van der Waals surface area contributed by atoms with Gasteiger partial charge in [-0.2, -0.15) is 0 Å². The lowest BCUT2D eigenvalue weighted by molar-refractivity contribution is -0.301. The fourth-order valence-electron chi connectivity index (χ4n) is 7.42.